The summed E-state index contributed by atoms with van der Waals surface area (Å²) in [4.78, 5) is 25.7. The van der Waals surface area contributed by atoms with Crippen LogP contribution in [-0.4, -0.2) is 72.5 Å². The Labute approximate surface area is 219 Å². The van der Waals surface area contributed by atoms with Gasteiger partial charge in [-0.2, -0.15) is 5.10 Å². The Balaban J connectivity index is 1.15. The molecule has 0 radical (unpaired) electrons. The smallest absolute Gasteiger partial charge is 0.260 e. The number of likely N-dealkylation sites (tertiary alicyclic amines) is 1. The van der Waals surface area contributed by atoms with Crippen LogP contribution in [0, 0.1) is 5.82 Å². The molecule has 4 rings (SSSR count). The highest BCUT2D eigenvalue weighted by atomic mass is 35.5. The van der Waals surface area contributed by atoms with Gasteiger partial charge in [-0.25, -0.2) is 9.82 Å². The maximum Gasteiger partial charge on any atom is 0.260 e. The fourth-order valence-electron chi connectivity index (χ4n) is 4.15. The molecule has 2 heterocycles. The fourth-order valence-corrected chi connectivity index (χ4v) is 4.39. The zero-order chi connectivity index (χ0) is 26.2. The van der Waals surface area contributed by atoms with Crippen molar-refractivity contribution in [2.45, 2.75) is 37.8 Å². The number of aliphatic hydroxyl groups is 1. The lowest BCUT2D eigenvalue weighted by molar-refractivity contribution is -0.134. The van der Waals surface area contributed by atoms with E-state index in [9.17, 15) is 19.1 Å². The SMILES string of the molecule is O=C1CCC(c2ccc(OCC(=O)N3CCC(NC[C@H](O)COc4ccccc4F)CC3)c(Cl)c2)=NN1. The number of hydrogen-bond acceptors (Lipinski definition) is 7. The first-order valence-corrected chi connectivity index (χ1v) is 12.6. The summed E-state index contributed by atoms with van der Waals surface area (Å²) in [5, 5.41) is 17.9. The molecule has 0 aromatic heterocycles. The van der Waals surface area contributed by atoms with Gasteiger partial charge in [0.15, 0.2) is 18.2 Å². The summed E-state index contributed by atoms with van der Waals surface area (Å²) in [5.41, 5.74) is 4.00. The largest absolute Gasteiger partial charge is 0.488 e. The van der Waals surface area contributed by atoms with Gasteiger partial charge >= 0.3 is 0 Å². The number of para-hydroxylation sites is 1. The molecule has 2 amide bonds. The second-order valence-electron chi connectivity index (χ2n) is 8.99. The van der Waals surface area contributed by atoms with Crippen molar-refractivity contribution in [3.05, 3.63) is 58.9 Å². The molecule has 0 bridgehead atoms. The molecule has 198 valence electrons. The first kappa shape index (κ1) is 26.8. The predicted molar refractivity (Wildman–Crippen MR) is 136 cm³/mol. The number of nitrogens with zero attached hydrogens (tertiary/aromatic N) is 2. The average molecular weight is 533 g/mol. The standard InChI is InChI=1S/C26H30ClFN4O5/c27-20-13-17(22-6-8-25(34)31-30-22)5-7-23(20)37-16-26(35)32-11-9-18(10-12-32)29-14-19(33)15-36-24-4-2-1-3-21(24)28/h1-5,7,13,18-19,29,33H,6,8-12,14-16H2,(H,31,34)/t19-/m0/s1. The summed E-state index contributed by atoms with van der Waals surface area (Å²) >= 11 is 6.34. The Hall–Kier alpha value is -3.21. The molecule has 9 nitrogen and oxygen atoms in total. The zero-order valence-corrected chi connectivity index (χ0v) is 21.0. The third kappa shape index (κ3) is 7.64. The fraction of sp³-hybridized carbons (Fsp3) is 0.423. The van der Waals surface area contributed by atoms with E-state index in [4.69, 9.17) is 21.1 Å². The molecule has 3 N–H and O–H groups in total. The van der Waals surface area contributed by atoms with E-state index in [1.165, 1.54) is 12.1 Å². The van der Waals surface area contributed by atoms with E-state index in [0.29, 0.717) is 43.2 Å². The third-order valence-corrected chi connectivity index (χ3v) is 6.57. The molecule has 0 unspecified atom stereocenters. The number of carbonyl (C=O) groups excluding carboxylic acids is 2. The van der Waals surface area contributed by atoms with Crippen molar-refractivity contribution in [2.75, 3.05) is 32.8 Å². The number of rotatable bonds is 10. The zero-order valence-electron chi connectivity index (χ0n) is 20.3. The van der Waals surface area contributed by atoms with Gasteiger partial charge in [-0.1, -0.05) is 23.7 Å². The molecule has 37 heavy (non-hydrogen) atoms. The molecule has 0 saturated carbocycles. The van der Waals surface area contributed by atoms with E-state index in [2.05, 4.69) is 15.8 Å². The number of nitrogens with one attached hydrogen (secondary N) is 2. The number of halogens is 2. The maximum atomic E-state index is 13.6. The van der Waals surface area contributed by atoms with Crippen molar-refractivity contribution in [1.29, 1.82) is 0 Å². The summed E-state index contributed by atoms with van der Waals surface area (Å²) in [5.74, 6) is -0.189. The van der Waals surface area contributed by atoms with Crippen molar-refractivity contribution < 1.29 is 28.6 Å². The maximum absolute atomic E-state index is 13.6. The first-order valence-electron chi connectivity index (χ1n) is 12.2. The minimum atomic E-state index is -0.784. The van der Waals surface area contributed by atoms with Crippen LogP contribution in [0.15, 0.2) is 47.6 Å². The van der Waals surface area contributed by atoms with Gasteiger partial charge in [0.05, 0.1) is 10.7 Å². The van der Waals surface area contributed by atoms with Crippen LogP contribution in [0.2, 0.25) is 5.02 Å². The Morgan fingerprint density at radius 2 is 1.97 bits per heavy atom. The summed E-state index contributed by atoms with van der Waals surface area (Å²) in [7, 11) is 0. The van der Waals surface area contributed by atoms with Gasteiger partial charge in [0.2, 0.25) is 5.91 Å². The molecule has 0 spiro atoms. The number of amides is 2. The van der Waals surface area contributed by atoms with Crippen LogP contribution >= 0.6 is 11.6 Å². The van der Waals surface area contributed by atoms with Gasteiger partial charge < -0.3 is 24.8 Å². The highest BCUT2D eigenvalue weighted by molar-refractivity contribution is 6.32. The molecule has 2 aromatic rings. The number of hydrogen-bond donors (Lipinski definition) is 3. The van der Waals surface area contributed by atoms with Crippen LogP contribution in [0.4, 0.5) is 4.39 Å². The molecule has 1 fully saturated rings. The highest BCUT2D eigenvalue weighted by Crippen LogP contribution is 2.27. The third-order valence-electron chi connectivity index (χ3n) is 6.28. The molecular weight excluding hydrogens is 503 g/mol. The van der Waals surface area contributed by atoms with Gasteiger partial charge in [-0.3, -0.25) is 9.59 Å². The minimum Gasteiger partial charge on any atom is -0.488 e. The molecule has 2 aliphatic rings. The second-order valence-corrected chi connectivity index (χ2v) is 9.39. The van der Waals surface area contributed by atoms with Crippen molar-refractivity contribution in [3.63, 3.8) is 0 Å². The van der Waals surface area contributed by atoms with Crippen LogP contribution < -0.4 is 20.2 Å². The number of benzene rings is 2. The number of aliphatic hydroxyl groups excluding tert-OH is 1. The van der Waals surface area contributed by atoms with E-state index in [0.717, 1.165) is 24.1 Å². The molecule has 2 aromatic carbocycles. The van der Waals surface area contributed by atoms with Crippen molar-refractivity contribution in [1.82, 2.24) is 15.6 Å². The average Bonchev–Trinajstić information content (AvgIpc) is 2.91. The molecule has 1 saturated heterocycles. The summed E-state index contributed by atoms with van der Waals surface area (Å²) in [6.45, 7) is 1.31. The van der Waals surface area contributed by atoms with Gasteiger partial charge in [0.1, 0.15) is 18.5 Å². The van der Waals surface area contributed by atoms with Crippen LogP contribution in [0.25, 0.3) is 0 Å². The molecule has 11 heteroatoms. The summed E-state index contributed by atoms with van der Waals surface area (Å²) < 4.78 is 24.6. The van der Waals surface area contributed by atoms with Gasteiger partial charge in [0.25, 0.3) is 5.91 Å². The number of ether oxygens (including phenoxy) is 2. The number of piperidine rings is 1. The monoisotopic (exact) mass is 532 g/mol. The van der Waals surface area contributed by atoms with E-state index in [1.807, 2.05) is 0 Å². The van der Waals surface area contributed by atoms with Crippen LogP contribution in [0.3, 0.4) is 0 Å². The lowest BCUT2D eigenvalue weighted by atomic mass is 10.0. The Morgan fingerprint density at radius 1 is 1.19 bits per heavy atom. The van der Waals surface area contributed by atoms with Gasteiger partial charge in [-0.15, -0.1) is 0 Å². The minimum absolute atomic E-state index is 0.0170. The highest BCUT2D eigenvalue weighted by Gasteiger charge is 2.24. The summed E-state index contributed by atoms with van der Waals surface area (Å²) in [6, 6.07) is 11.4. The van der Waals surface area contributed by atoms with Gasteiger partial charge in [-0.05, 0) is 48.7 Å². The lowest BCUT2D eigenvalue weighted by Crippen LogP contribution is -2.48. The predicted octanol–water partition coefficient (Wildman–Crippen LogP) is 2.49. The van der Waals surface area contributed by atoms with Crippen LogP contribution in [0.5, 0.6) is 11.5 Å². The first-order chi connectivity index (χ1) is 17.9. The molecular formula is C26H30ClFN4O5. The number of hydrazone groups is 1. The second kappa shape index (κ2) is 12.8. The molecule has 2 aliphatic heterocycles. The van der Waals surface area contributed by atoms with Crippen LogP contribution in [-0.2, 0) is 9.59 Å². The topological polar surface area (TPSA) is 112 Å². The lowest BCUT2D eigenvalue weighted by Gasteiger charge is -2.33. The van der Waals surface area contributed by atoms with Crippen LogP contribution in [0.1, 0.15) is 31.2 Å². The van der Waals surface area contributed by atoms with Crippen molar-refractivity contribution in [3.8, 4) is 11.5 Å². The Bertz CT molecular complexity index is 1140. The van der Waals surface area contributed by atoms with Gasteiger partial charge in [0, 0.05) is 38.5 Å². The molecule has 0 aliphatic carbocycles. The quantitative estimate of drug-likeness (QED) is 0.433. The van der Waals surface area contributed by atoms with E-state index in [-0.39, 0.29) is 36.8 Å². The number of carbonyl (C=O) groups is 2. The Kier molecular flexibility index (Phi) is 9.32. The van der Waals surface area contributed by atoms with Crippen molar-refractivity contribution >= 4 is 29.1 Å². The van der Waals surface area contributed by atoms with E-state index < -0.39 is 11.9 Å². The normalized spacial score (nSPS) is 17.1. The Morgan fingerprint density at radius 3 is 2.68 bits per heavy atom. The van der Waals surface area contributed by atoms with Crippen molar-refractivity contribution in [2.24, 2.45) is 5.10 Å². The molecule has 1 atom stereocenters. The van der Waals surface area contributed by atoms with E-state index >= 15 is 0 Å². The van der Waals surface area contributed by atoms with E-state index in [1.54, 1.807) is 35.2 Å². The summed E-state index contributed by atoms with van der Waals surface area (Å²) in [6.07, 6.45) is 1.60.